The van der Waals surface area contributed by atoms with Gasteiger partial charge in [0, 0.05) is 19.1 Å². The normalized spacial score (nSPS) is 26.1. The van der Waals surface area contributed by atoms with Crippen molar-refractivity contribution < 1.29 is 9.50 Å². The summed E-state index contributed by atoms with van der Waals surface area (Å²) in [6, 6.07) is 7.35. The molecule has 0 amide bonds. The molecule has 2 nitrogen and oxygen atoms in total. The molecule has 0 aromatic heterocycles. The molecule has 3 heteroatoms. The van der Waals surface area contributed by atoms with Crippen LogP contribution in [-0.4, -0.2) is 35.2 Å². The number of hydrogen-bond donors (Lipinski definition) is 1. The van der Waals surface area contributed by atoms with Gasteiger partial charge < -0.3 is 10.0 Å². The van der Waals surface area contributed by atoms with Crippen molar-refractivity contribution in [3.05, 3.63) is 35.6 Å². The maximum Gasteiger partial charge on any atom is 0.126 e. The Morgan fingerprint density at radius 1 is 1.41 bits per heavy atom. The van der Waals surface area contributed by atoms with Gasteiger partial charge >= 0.3 is 0 Å². The lowest BCUT2D eigenvalue weighted by Gasteiger charge is -2.35. The van der Waals surface area contributed by atoms with Gasteiger partial charge in [-0.2, -0.15) is 0 Å². The molecule has 0 spiro atoms. The summed E-state index contributed by atoms with van der Waals surface area (Å²) in [4.78, 5) is 2.33. The highest BCUT2D eigenvalue weighted by atomic mass is 19.1. The minimum Gasteiger partial charge on any atom is -0.393 e. The first kappa shape index (κ1) is 12.5. The average molecular weight is 237 g/mol. The average Bonchev–Trinajstić information content (AvgIpc) is 2.30. The Bertz CT molecular complexity index is 369. The van der Waals surface area contributed by atoms with Crippen LogP contribution >= 0.6 is 0 Å². The molecule has 0 radical (unpaired) electrons. The van der Waals surface area contributed by atoms with Crippen LogP contribution in [0.25, 0.3) is 0 Å². The Balaban J connectivity index is 1.88. The maximum atomic E-state index is 13.4. The van der Waals surface area contributed by atoms with Gasteiger partial charge in [0.1, 0.15) is 5.82 Å². The molecule has 2 rings (SSSR count). The monoisotopic (exact) mass is 237 g/mol. The number of benzene rings is 1. The topological polar surface area (TPSA) is 23.5 Å². The van der Waals surface area contributed by atoms with Crippen molar-refractivity contribution in [1.82, 2.24) is 4.90 Å². The molecule has 0 bridgehead atoms. The molecule has 1 saturated heterocycles. The Morgan fingerprint density at radius 3 is 2.88 bits per heavy atom. The summed E-state index contributed by atoms with van der Waals surface area (Å²) < 4.78 is 13.4. The summed E-state index contributed by atoms with van der Waals surface area (Å²) in [5.74, 6) is -0.114. The third kappa shape index (κ3) is 3.27. The highest BCUT2D eigenvalue weighted by molar-refractivity contribution is 5.17. The van der Waals surface area contributed by atoms with Gasteiger partial charge in [-0.15, -0.1) is 0 Å². The second kappa shape index (κ2) is 5.61. The summed E-state index contributed by atoms with van der Waals surface area (Å²) in [5, 5.41) is 9.54. The van der Waals surface area contributed by atoms with E-state index in [1.54, 1.807) is 6.07 Å². The number of aliphatic hydroxyl groups excluding tert-OH is 1. The van der Waals surface area contributed by atoms with Gasteiger partial charge in [0.05, 0.1) is 6.10 Å². The molecule has 94 valence electrons. The molecular weight excluding hydrogens is 217 g/mol. The second-order valence-electron chi connectivity index (χ2n) is 4.90. The number of piperidine rings is 1. The fraction of sp³-hybridized carbons (Fsp3) is 0.571. The minimum atomic E-state index is -0.158. The molecular formula is C14H20FNO. The first-order valence-electron chi connectivity index (χ1n) is 6.32. The highest BCUT2D eigenvalue weighted by Gasteiger charge is 2.23. The number of halogens is 1. The van der Waals surface area contributed by atoms with Crippen LogP contribution in [0.3, 0.4) is 0 Å². The Kier molecular flexibility index (Phi) is 4.13. The van der Waals surface area contributed by atoms with Gasteiger partial charge in [-0.05, 0) is 37.8 Å². The third-order valence-corrected chi connectivity index (χ3v) is 3.61. The van der Waals surface area contributed by atoms with E-state index in [4.69, 9.17) is 0 Å². The van der Waals surface area contributed by atoms with Gasteiger partial charge in [-0.3, -0.25) is 0 Å². The van der Waals surface area contributed by atoms with Crippen LogP contribution in [0.1, 0.15) is 25.3 Å². The molecule has 17 heavy (non-hydrogen) atoms. The van der Waals surface area contributed by atoms with E-state index >= 15 is 0 Å². The van der Waals surface area contributed by atoms with E-state index in [2.05, 4.69) is 11.8 Å². The van der Waals surface area contributed by atoms with E-state index in [0.29, 0.717) is 6.04 Å². The molecule has 1 aromatic rings. The van der Waals surface area contributed by atoms with E-state index in [1.807, 2.05) is 12.1 Å². The van der Waals surface area contributed by atoms with Gasteiger partial charge in [0.15, 0.2) is 0 Å². The van der Waals surface area contributed by atoms with Gasteiger partial charge in [0.25, 0.3) is 0 Å². The molecule has 1 fully saturated rings. The SMILES string of the molecule is CC1CC(O)CCN1CCc1ccccc1F. The maximum absolute atomic E-state index is 13.4. The van der Waals surface area contributed by atoms with Crippen molar-refractivity contribution in [2.45, 2.75) is 38.3 Å². The van der Waals surface area contributed by atoms with Crippen LogP contribution in [0.2, 0.25) is 0 Å². The summed E-state index contributed by atoms with van der Waals surface area (Å²) in [6.45, 7) is 3.91. The van der Waals surface area contributed by atoms with E-state index < -0.39 is 0 Å². The second-order valence-corrected chi connectivity index (χ2v) is 4.90. The fourth-order valence-electron chi connectivity index (χ4n) is 2.49. The fourth-order valence-corrected chi connectivity index (χ4v) is 2.49. The molecule has 2 atom stereocenters. The van der Waals surface area contributed by atoms with Crippen LogP contribution in [0, 0.1) is 5.82 Å². The Labute approximate surface area is 102 Å². The lowest BCUT2D eigenvalue weighted by Crippen LogP contribution is -2.43. The lowest BCUT2D eigenvalue weighted by atomic mass is 10.00. The number of likely N-dealkylation sites (tertiary alicyclic amines) is 1. The number of hydrogen-bond acceptors (Lipinski definition) is 2. The van der Waals surface area contributed by atoms with Crippen molar-refractivity contribution in [2.24, 2.45) is 0 Å². The standard InChI is InChI=1S/C14H20FNO/c1-11-10-13(17)7-9-16(11)8-6-12-4-2-3-5-14(12)15/h2-5,11,13,17H,6-10H2,1H3. The van der Waals surface area contributed by atoms with Gasteiger partial charge in [0.2, 0.25) is 0 Å². The van der Waals surface area contributed by atoms with Crippen LogP contribution in [0.15, 0.2) is 24.3 Å². The molecule has 1 aromatic carbocycles. The lowest BCUT2D eigenvalue weighted by molar-refractivity contribution is 0.0489. The predicted molar refractivity (Wildman–Crippen MR) is 66.4 cm³/mol. The largest absolute Gasteiger partial charge is 0.393 e. The summed E-state index contributed by atoms with van der Waals surface area (Å²) >= 11 is 0. The Morgan fingerprint density at radius 2 is 2.18 bits per heavy atom. The highest BCUT2D eigenvalue weighted by Crippen LogP contribution is 2.18. The molecule has 0 saturated carbocycles. The number of rotatable bonds is 3. The van der Waals surface area contributed by atoms with Crippen molar-refractivity contribution >= 4 is 0 Å². The minimum absolute atomic E-state index is 0.114. The van der Waals surface area contributed by atoms with Crippen LogP contribution in [-0.2, 0) is 6.42 Å². The number of nitrogens with zero attached hydrogens (tertiary/aromatic N) is 1. The molecule has 1 N–H and O–H groups in total. The third-order valence-electron chi connectivity index (χ3n) is 3.61. The van der Waals surface area contributed by atoms with Gasteiger partial charge in [-0.25, -0.2) is 4.39 Å². The van der Waals surface area contributed by atoms with Crippen molar-refractivity contribution in [2.75, 3.05) is 13.1 Å². The first-order valence-corrected chi connectivity index (χ1v) is 6.32. The van der Waals surface area contributed by atoms with Crippen molar-refractivity contribution in [3.8, 4) is 0 Å². The summed E-state index contributed by atoms with van der Waals surface area (Å²) in [6.07, 6.45) is 2.25. The van der Waals surface area contributed by atoms with Crippen molar-refractivity contribution in [3.63, 3.8) is 0 Å². The summed E-state index contributed by atoms with van der Waals surface area (Å²) in [5.41, 5.74) is 0.783. The first-order chi connectivity index (χ1) is 8.16. The molecule has 1 heterocycles. The van der Waals surface area contributed by atoms with Gasteiger partial charge in [-0.1, -0.05) is 18.2 Å². The van der Waals surface area contributed by atoms with Crippen LogP contribution in [0.5, 0.6) is 0 Å². The smallest absolute Gasteiger partial charge is 0.126 e. The zero-order chi connectivity index (χ0) is 12.3. The molecule has 1 aliphatic heterocycles. The van der Waals surface area contributed by atoms with Crippen LogP contribution in [0.4, 0.5) is 4.39 Å². The Hall–Kier alpha value is -0.930. The van der Waals surface area contributed by atoms with E-state index in [-0.39, 0.29) is 11.9 Å². The van der Waals surface area contributed by atoms with E-state index in [0.717, 1.165) is 37.9 Å². The quantitative estimate of drug-likeness (QED) is 0.871. The zero-order valence-corrected chi connectivity index (χ0v) is 10.3. The predicted octanol–water partition coefficient (Wildman–Crippen LogP) is 2.21. The zero-order valence-electron chi connectivity index (χ0n) is 10.3. The molecule has 0 aliphatic carbocycles. The molecule has 1 aliphatic rings. The van der Waals surface area contributed by atoms with Crippen molar-refractivity contribution in [1.29, 1.82) is 0 Å². The summed E-state index contributed by atoms with van der Waals surface area (Å²) in [7, 11) is 0. The van der Waals surface area contributed by atoms with E-state index in [1.165, 1.54) is 6.07 Å². The number of aliphatic hydroxyl groups is 1. The van der Waals surface area contributed by atoms with E-state index in [9.17, 15) is 9.50 Å². The van der Waals surface area contributed by atoms with Crippen LogP contribution < -0.4 is 0 Å². The molecule has 2 unspecified atom stereocenters.